The zero-order valence-corrected chi connectivity index (χ0v) is 54.3. The molecule has 4 aromatic carbocycles. The van der Waals surface area contributed by atoms with Crippen LogP contribution in [0.3, 0.4) is 0 Å². The Hall–Kier alpha value is -6.06. The van der Waals surface area contributed by atoms with E-state index in [1.165, 1.54) is 24.3 Å². The molecule has 4 aliphatic heterocycles. The van der Waals surface area contributed by atoms with Crippen LogP contribution in [0.25, 0.3) is 0 Å². The largest absolute Gasteiger partial charge is 0.481 e. The summed E-state index contributed by atoms with van der Waals surface area (Å²) in [6.07, 6.45) is 2.20. The second-order valence-corrected chi connectivity index (χ2v) is 28.1. The minimum Gasteiger partial charge on any atom is -0.481 e. The summed E-state index contributed by atoms with van der Waals surface area (Å²) in [6.45, 7) is 12.0. The Morgan fingerprint density at radius 3 is 1.36 bits per heavy atom. The number of nitrogens with zero attached hydrogens (tertiary/aromatic N) is 6. The highest BCUT2D eigenvalue weighted by molar-refractivity contribution is 7.89. The maximum atomic E-state index is 15.8. The molecule has 2 aliphatic carbocycles. The number of halogens is 4. The first-order chi connectivity index (χ1) is 44.4. The number of nitrogens with one attached hydrogen (secondary N) is 8. The molecular weight excluding hydrogens is 1270 g/mol. The first-order valence-corrected chi connectivity index (χ1v) is 35.1. The molecule has 4 amide bonds. The van der Waals surface area contributed by atoms with E-state index in [0.29, 0.717) is 125 Å². The van der Waals surface area contributed by atoms with E-state index in [-0.39, 0.29) is 71.7 Å². The number of benzene rings is 4. The van der Waals surface area contributed by atoms with Gasteiger partial charge in [0.05, 0.1) is 71.6 Å². The van der Waals surface area contributed by atoms with Crippen molar-refractivity contribution < 1.29 is 54.2 Å². The number of nitriles is 2. The fourth-order valence-corrected chi connectivity index (χ4v) is 15.9. The lowest BCUT2D eigenvalue weighted by molar-refractivity contribution is 0.0667. The smallest absolute Gasteiger partial charge is 0.314 e. The highest BCUT2D eigenvalue weighted by atomic mass is 35.5. The third-order valence-electron chi connectivity index (χ3n) is 17.6. The average Bonchev–Trinajstić information content (AvgIpc) is 1.61. The molecule has 4 fully saturated rings. The minimum atomic E-state index is -4.07. The van der Waals surface area contributed by atoms with Crippen LogP contribution in [0, 0.1) is 34.3 Å². The van der Waals surface area contributed by atoms with Crippen LogP contribution in [0.1, 0.15) is 71.3 Å². The first kappa shape index (κ1) is 68.8. The molecule has 6 aliphatic rings. The van der Waals surface area contributed by atoms with Gasteiger partial charge < -0.3 is 50.8 Å². The molecule has 0 saturated carbocycles. The molecule has 0 aromatic heterocycles. The third-order valence-corrected chi connectivity index (χ3v) is 21.1. The van der Waals surface area contributed by atoms with Crippen LogP contribution < -0.4 is 50.8 Å². The normalized spacial score (nSPS) is 22.1. The van der Waals surface area contributed by atoms with Crippen LogP contribution in [0.15, 0.2) is 70.5 Å². The number of hydrogen-bond acceptors (Lipinski definition) is 18. The summed E-state index contributed by atoms with van der Waals surface area (Å²) in [5, 5.41) is 38.2. The van der Waals surface area contributed by atoms with Crippen molar-refractivity contribution in [1.29, 1.82) is 10.5 Å². The summed E-state index contributed by atoms with van der Waals surface area (Å²) >= 11 is 12.8. The van der Waals surface area contributed by atoms with E-state index in [0.717, 1.165) is 86.7 Å². The van der Waals surface area contributed by atoms with Crippen molar-refractivity contribution in [2.75, 3.05) is 144 Å². The molecule has 6 atom stereocenters. The molecule has 24 nitrogen and oxygen atoms in total. The van der Waals surface area contributed by atoms with Crippen molar-refractivity contribution in [3.63, 3.8) is 0 Å². The third kappa shape index (κ3) is 18.0. The highest BCUT2D eigenvalue weighted by Gasteiger charge is 2.43. The molecule has 498 valence electrons. The van der Waals surface area contributed by atoms with Crippen LogP contribution >= 0.6 is 23.2 Å². The molecule has 0 spiro atoms. The fraction of sp³-hybridized carbons (Fsp3) is 0.548. The van der Waals surface area contributed by atoms with Crippen LogP contribution in [0.4, 0.5) is 18.4 Å². The van der Waals surface area contributed by atoms with Crippen molar-refractivity contribution in [3.8, 4) is 23.6 Å². The number of piperazine rings is 2. The Bertz CT molecular complexity index is 3330. The SMILES string of the molecule is N#Cc1cc(Cl)cc2c1C[C@H](N1CCNCC1)[C@H]2Oc1ccc(S(=O)(=O)N[C@H]2CCN(CCOCCNC(=O)NCCCCNC(=O)NCCOCCN3CC[C@H](NS(=O)(=O)c4ccc(O[C@H]5c6cc(Cl)cc(C#N)c6C[C@@H]5N5CCNCC5)c(F)c4)C3)C2)cc1F. The van der Waals surface area contributed by atoms with Crippen molar-refractivity contribution in [2.45, 2.75) is 84.7 Å². The number of rotatable bonds is 29. The Morgan fingerprint density at radius 2 is 0.967 bits per heavy atom. The summed E-state index contributed by atoms with van der Waals surface area (Å²) in [5.74, 6) is -1.83. The lowest BCUT2D eigenvalue weighted by Gasteiger charge is -2.36. The maximum absolute atomic E-state index is 15.8. The Kier molecular flexibility index (Phi) is 24.2. The fourth-order valence-electron chi connectivity index (χ4n) is 12.9. The second-order valence-electron chi connectivity index (χ2n) is 23.8. The topological polar surface area (TPSA) is 296 Å². The molecule has 0 bridgehead atoms. The van der Waals surface area contributed by atoms with Crippen LogP contribution in [0.2, 0.25) is 10.0 Å². The predicted molar refractivity (Wildman–Crippen MR) is 340 cm³/mol. The molecule has 92 heavy (non-hydrogen) atoms. The number of carbonyl (C=O) groups is 2. The lowest BCUT2D eigenvalue weighted by Crippen LogP contribution is -2.50. The Morgan fingerprint density at radius 1 is 0.565 bits per heavy atom. The Labute approximate surface area is 546 Å². The second kappa shape index (κ2) is 32.4. The maximum Gasteiger partial charge on any atom is 0.314 e. The monoisotopic (exact) mass is 1350 g/mol. The number of amides is 4. The quantitative estimate of drug-likeness (QED) is 0.0359. The van der Waals surface area contributed by atoms with E-state index < -0.39 is 56.0 Å². The van der Waals surface area contributed by atoms with Gasteiger partial charge in [0.1, 0.15) is 12.2 Å². The number of ether oxygens (including phenoxy) is 4. The van der Waals surface area contributed by atoms with Gasteiger partial charge in [0.2, 0.25) is 20.0 Å². The number of carbonyl (C=O) groups excluding carboxylic acids is 2. The lowest BCUT2D eigenvalue weighted by atomic mass is 10.0. The number of fused-ring (bicyclic) bond motifs is 2. The number of sulfonamides is 2. The summed E-state index contributed by atoms with van der Waals surface area (Å²) in [7, 11) is -8.14. The zero-order valence-electron chi connectivity index (χ0n) is 51.1. The molecule has 4 saturated heterocycles. The van der Waals surface area contributed by atoms with Gasteiger partial charge in [-0.15, -0.1) is 0 Å². The standard InChI is InChI=1S/C62H80Cl2F2N14O10S2/c63-43-29-41(37-67)49-35-55(79-19-11-69-12-20-79)59(51(49)31-43)89-57-5-3-47(33-53(57)65)91(83,84)75-45-7-17-77(39-45)23-27-87-25-15-73-61(81)71-9-1-2-10-72-62(82)74-16-26-88-28-24-78-18-8-46(40-78)76-92(85,86)48-4-6-58(54(66)34-48)90-60-52-32-44(64)30-42(38-68)50(52)36-56(60)80-21-13-70-14-22-80/h3-6,29-34,45-46,55-56,59-60,69-70,75-76H,1-2,7-28,35-36,39-40H2,(H2,71,73,81)(H2,72,74,82)/t45-,46-,55-,56-,59-,60-/m0/s1. The van der Waals surface area contributed by atoms with Gasteiger partial charge in [0.25, 0.3) is 0 Å². The summed E-state index contributed by atoms with van der Waals surface area (Å²) in [5.41, 5.74) is 3.99. The van der Waals surface area contributed by atoms with Crippen molar-refractivity contribution in [1.82, 2.24) is 60.9 Å². The van der Waals surface area contributed by atoms with Gasteiger partial charge in [-0.2, -0.15) is 10.5 Å². The van der Waals surface area contributed by atoms with Crippen LogP contribution in [0.5, 0.6) is 11.5 Å². The zero-order chi connectivity index (χ0) is 64.8. The van der Waals surface area contributed by atoms with E-state index in [1.54, 1.807) is 24.3 Å². The van der Waals surface area contributed by atoms with Crippen LogP contribution in [-0.4, -0.2) is 217 Å². The summed E-state index contributed by atoms with van der Waals surface area (Å²) in [4.78, 5) is 32.9. The molecule has 30 heteroatoms. The van der Waals surface area contributed by atoms with Crippen molar-refractivity contribution in [3.05, 3.63) is 116 Å². The average molecular weight is 1350 g/mol. The molecule has 4 heterocycles. The van der Waals surface area contributed by atoms with E-state index in [9.17, 15) is 36.9 Å². The van der Waals surface area contributed by atoms with E-state index >= 15 is 8.78 Å². The van der Waals surface area contributed by atoms with Gasteiger partial charge in [-0.3, -0.25) is 19.6 Å². The first-order valence-electron chi connectivity index (χ1n) is 31.4. The predicted octanol–water partition coefficient (Wildman–Crippen LogP) is 3.73. The molecule has 0 radical (unpaired) electrons. The van der Waals surface area contributed by atoms with Crippen LogP contribution in [-0.2, 0) is 42.4 Å². The summed E-state index contributed by atoms with van der Waals surface area (Å²) in [6, 6.07) is 16.7. The number of unbranched alkanes of at least 4 members (excludes halogenated alkanes) is 1. The highest BCUT2D eigenvalue weighted by Crippen LogP contribution is 2.44. The number of hydrogen-bond donors (Lipinski definition) is 8. The van der Waals surface area contributed by atoms with E-state index in [2.05, 4.69) is 73.1 Å². The van der Waals surface area contributed by atoms with Crippen molar-refractivity contribution >= 4 is 55.3 Å². The summed E-state index contributed by atoms with van der Waals surface area (Å²) < 4.78 is 115. The molecule has 4 aromatic rings. The van der Waals surface area contributed by atoms with E-state index in [4.69, 9.17) is 42.1 Å². The van der Waals surface area contributed by atoms with Gasteiger partial charge in [-0.05, 0) is 135 Å². The number of likely N-dealkylation sites (tertiary alicyclic amines) is 2. The van der Waals surface area contributed by atoms with Gasteiger partial charge >= 0.3 is 12.1 Å². The number of urea groups is 2. The van der Waals surface area contributed by atoms with Gasteiger partial charge in [0.15, 0.2) is 23.1 Å². The minimum absolute atomic E-state index is 0.0966. The van der Waals surface area contributed by atoms with E-state index in [1.807, 2.05) is 0 Å². The molecule has 0 unspecified atom stereocenters. The van der Waals surface area contributed by atoms with Gasteiger partial charge in [0, 0.05) is 127 Å². The van der Waals surface area contributed by atoms with Gasteiger partial charge in [-0.1, -0.05) is 23.2 Å². The van der Waals surface area contributed by atoms with Crippen molar-refractivity contribution in [2.24, 2.45) is 0 Å². The van der Waals surface area contributed by atoms with Gasteiger partial charge in [-0.25, -0.2) is 44.6 Å². The molecular formula is C62H80Cl2F2N14O10S2. The molecule has 8 N–H and O–H groups in total. The molecule has 10 rings (SSSR count). The Balaban J connectivity index is 0.531.